The molecule has 0 fully saturated rings. The van der Waals surface area contributed by atoms with Crippen LogP contribution in [0.5, 0.6) is 0 Å². The fourth-order valence-corrected chi connectivity index (χ4v) is 2.95. The summed E-state index contributed by atoms with van der Waals surface area (Å²) in [6, 6.07) is 3.20. The van der Waals surface area contributed by atoms with Crippen LogP contribution in [-0.2, 0) is 0 Å². The lowest BCUT2D eigenvalue weighted by Crippen LogP contribution is -2.22. The Morgan fingerprint density at radius 2 is 2.21 bits per heavy atom. The van der Waals surface area contributed by atoms with E-state index in [9.17, 15) is 4.39 Å². The Labute approximate surface area is 162 Å². The Hall–Kier alpha value is -3.26. The van der Waals surface area contributed by atoms with E-state index in [0.29, 0.717) is 34.9 Å². The number of anilines is 2. The number of aliphatic hydroxyl groups excluding tert-OH is 1. The molecule has 0 aromatic carbocycles. The van der Waals surface area contributed by atoms with Crippen molar-refractivity contribution in [3.8, 4) is 0 Å². The SMILES string of the molecule is N=C/C(=C\NCCO)c1ccc(N)c(NCC2=CC3C=CC=NC3C=C2F)n1. The highest BCUT2D eigenvalue weighted by Gasteiger charge is 2.23. The molecule has 1 aliphatic carbocycles. The van der Waals surface area contributed by atoms with Gasteiger partial charge in [-0.2, -0.15) is 0 Å². The predicted octanol–water partition coefficient (Wildman–Crippen LogP) is 2.07. The smallest absolute Gasteiger partial charge is 0.150 e. The molecule has 28 heavy (non-hydrogen) atoms. The van der Waals surface area contributed by atoms with E-state index >= 15 is 0 Å². The van der Waals surface area contributed by atoms with Crippen LogP contribution in [0.25, 0.3) is 5.57 Å². The van der Waals surface area contributed by atoms with Crippen molar-refractivity contribution >= 4 is 29.5 Å². The van der Waals surface area contributed by atoms with Crippen molar-refractivity contribution in [3.63, 3.8) is 0 Å². The van der Waals surface area contributed by atoms with Crippen molar-refractivity contribution in [1.29, 1.82) is 5.41 Å². The summed E-state index contributed by atoms with van der Waals surface area (Å²) >= 11 is 0. The first-order valence-electron chi connectivity index (χ1n) is 8.96. The van der Waals surface area contributed by atoms with Crippen LogP contribution in [0.4, 0.5) is 15.9 Å². The number of rotatable bonds is 8. The first-order valence-corrected chi connectivity index (χ1v) is 8.96. The molecule has 8 heteroatoms. The fraction of sp³-hybridized carbons (Fsp3) is 0.250. The largest absolute Gasteiger partial charge is 0.396 e. The zero-order chi connectivity index (χ0) is 19.9. The number of nitrogens with one attached hydrogen (secondary N) is 3. The number of nitrogens with two attached hydrogens (primary N) is 1. The summed E-state index contributed by atoms with van der Waals surface area (Å²) in [6.07, 6.45) is 11.7. The van der Waals surface area contributed by atoms with Gasteiger partial charge in [-0.3, -0.25) is 4.99 Å². The number of dihydropyridines is 1. The van der Waals surface area contributed by atoms with Crippen LogP contribution in [0.1, 0.15) is 5.69 Å². The molecule has 6 N–H and O–H groups in total. The molecular weight excluding hydrogens is 359 g/mol. The number of aliphatic hydroxyl groups is 1. The Morgan fingerprint density at radius 1 is 1.36 bits per heavy atom. The number of aliphatic imine (C=N–C) groups is 1. The van der Waals surface area contributed by atoms with Crippen molar-refractivity contribution in [2.75, 3.05) is 30.7 Å². The summed E-state index contributed by atoms with van der Waals surface area (Å²) in [6.45, 7) is 0.592. The molecule has 0 saturated carbocycles. The summed E-state index contributed by atoms with van der Waals surface area (Å²) in [5.74, 6) is 0.160. The van der Waals surface area contributed by atoms with Crippen molar-refractivity contribution in [3.05, 3.63) is 59.7 Å². The minimum Gasteiger partial charge on any atom is -0.396 e. The van der Waals surface area contributed by atoms with E-state index in [-0.39, 0.29) is 30.9 Å². The van der Waals surface area contributed by atoms with E-state index in [4.69, 9.17) is 16.2 Å². The van der Waals surface area contributed by atoms with Crippen molar-refractivity contribution < 1.29 is 9.50 Å². The predicted molar refractivity (Wildman–Crippen MR) is 111 cm³/mol. The monoisotopic (exact) mass is 382 g/mol. The van der Waals surface area contributed by atoms with Gasteiger partial charge < -0.3 is 26.9 Å². The molecule has 3 rings (SSSR count). The second kappa shape index (κ2) is 9.09. The maximum absolute atomic E-state index is 14.4. The van der Waals surface area contributed by atoms with E-state index < -0.39 is 0 Å². The van der Waals surface area contributed by atoms with Gasteiger partial charge in [-0.05, 0) is 24.3 Å². The third-order valence-electron chi connectivity index (χ3n) is 4.43. The maximum atomic E-state index is 14.4. The normalized spacial score (nSPS) is 20.9. The summed E-state index contributed by atoms with van der Waals surface area (Å²) in [5.41, 5.74) is 8.03. The number of fused-ring (bicyclic) bond motifs is 1. The first kappa shape index (κ1) is 19.5. The second-order valence-electron chi connectivity index (χ2n) is 6.37. The third-order valence-corrected chi connectivity index (χ3v) is 4.43. The van der Waals surface area contributed by atoms with Crippen LogP contribution in [0.3, 0.4) is 0 Å². The highest BCUT2D eigenvalue weighted by atomic mass is 19.1. The van der Waals surface area contributed by atoms with E-state index in [1.807, 2.05) is 18.2 Å². The molecule has 1 aromatic heterocycles. The Bertz CT molecular complexity index is 887. The number of aromatic nitrogens is 1. The molecule has 1 aliphatic heterocycles. The molecule has 0 saturated heterocycles. The summed E-state index contributed by atoms with van der Waals surface area (Å²) in [4.78, 5) is 8.71. The van der Waals surface area contributed by atoms with Crippen molar-refractivity contribution in [1.82, 2.24) is 10.3 Å². The summed E-state index contributed by atoms with van der Waals surface area (Å²) < 4.78 is 14.4. The van der Waals surface area contributed by atoms with Crippen LogP contribution >= 0.6 is 0 Å². The number of allylic oxidation sites excluding steroid dienone is 2. The van der Waals surface area contributed by atoms with E-state index in [1.54, 1.807) is 24.5 Å². The molecule has 0 amide bonds. The lowest BCUT2D eigenvalue weighted by Gasteiger charge is -2.24. The van der Waals surface area contributed by atoms with Gasteiger partial charge in [-0.15, -0.1) is 0 Å². The molecule has 2 atom stereocenters. The Kier molecular flexibility index (Phi) is 6.33. The Morgan fingerprint density at radius 3 is 3.00 bits per heavy atom. The average molecular weight is 382 g/mol. The van der Waals surface area contributed by atoms with Crippen molar-refractivity contribution in [2.45, 2.75) is 6.04 Å². The summed E-state index contributed by atoms with van der Waals surface area (Å²) in [7, 11) is 0. The molecule has 0 spiro atoms. The minimum atomic E-state index is -0.302. The number of halogens is 1. The molecule has 7 nitrogen and oxygen atoms in total. The molecular formula is C20H23FN6O. The standard InChI is InChI=1S/C20H23FN6O/c21-16-9-19-13(2-1-5-25-19)8-14(16)12-26-20-17(23)3-4-18(27-20)15(10-22)11-24-6-7-28/h1-5,8-11,13,19,22,24,28H,6-7,12,23H2,(H,26,27)/b15-11+,22-10?. The van der Waals surface area contributed by atoms with E-state index in [1.165, 1.54) is 6.08 Å². The number of hydrogen-bond donors (Lipinski definition) is 5. The van der Waals surface area contributed by atoms with Gasteiger partial charge in [0.05, 0.1) is 24.0 Å². The fourth-order valence-electron chi connectivity index (χ4n) is 2.95. The Balaban J connectivity index is 1.74. The quantitative estimate of drug-likeness (QED) is 0.348. The van der Waals surface area contributed by atoms with Gasteiger partial charge in [-0.25, -0.2) is 9.37 Å². The average Bonchev–Trinajstić information content (AvgIpc) is 2.71. The van der Waals surface area contributed by atoms with Gasteiger partial charge in [0.25, 0.3) is 0 Å². The van der Waals surface area contributed by atoms with Gasteiger partial charge in [0.15, 0.2) is 0 Å². The van der Waals surface area contributed by atoms with Crippen LogP contribution in [0.2, 0.25) is 0 Å². The molecule has 0 bridgehead atoms. The van der Waals surface area contributed by atoms with Gasteiger partial charge in [-0.1, -0.05) is 12.2 Å². The molecule has 146 valence electrons. The molecule has 2 heterocycles. The number of pyridine rings is 1. The number of nitrogen functional groups attached to an aromatic ring is 1. The molecule has 2 aliphatic rings. The van der Waals surface area contributed by atoms with Crippen LogP contribution in [-0.4, -0.2) is 48.3 Å². The first-order chi connectivity index (χ1) is 13.6. The number of hydrogen-bond acceptors (Lipinski definition) is 7. The van der Waals surface area contributed by atoms with Gasteiger partial charge in [0.1, 0.15) is 11.6 Å². The van der Waals surface area contributed by atoms with Gasteiger partial charge in [0.2, 0.25) is 0 Å². The van der Waals surface area contributed by atoms with E-state index in [0.717, 1.165) is 6.21 Å². The lowest BCUT2D eigenvalue weighted by molar-refractivity contribution is 0.298. The van der Waals surface area contributed by atoms with Gasteiger partial charge >= 0.3 is 0 Å². The zero-order valence-electron chi connectivity index (χ0n) is 15.3. The topological polar surface area (TPSA) is 119 Å². The zero-order valence-corrected chi connectivity index (χ0v) is 15.3. The van der Waals surface area contributed by atoms with Crippen molar-refractivity contribution in [2.24, 2.45) is 10.9 Å². The van der Waals surface area contributed by atoms with Gasteiger partial charge in [0, 0.05) is 48.8 Å². The maximum Gasteiger partial charge on any atom is 0.150 e. The van der Waals surface area contributed by atoms with Crippen LogP contribution in [0.15, 0.2) is 59.0 Å². The lowest BCUT2D eigenvalue weighted by atomic mass is 9.89. The van der Waals surface area contributed by atoms with Crippen LogP contribution < -0.4 is 16.4 Å². The molecule has 2 unspecified atom stereocenters. The second-order valence-corrected chi connectivity index (χ2v) is 6.37. The molecule has 0 radical (unpaired) electrons. The minimum absolute atomic E-state index is 0.0136. The van der Waals surface area contributed by atoms with Crippen LogP contribution in [0, 0.1) is 11.3 Å². The summed E-state index contributed by atoms with van der Waals surface area (Å²) in [5, 5.41) is 22.4. The van der Waals surface area contributed by atoms with E-state index in [2.05, 4.69) is 20.6 Å². The highest BCUT2D eigenvalue weighted by Crippen LogP contribution is 2.29. The number of nitrogens with zero attached hydrogens (tertiary/aromatic N) is 2. The third kappa shape index (κ3) is 4.52. The highest BCUT2D eigenvalue weighted by molar-refractivity contribution is 6.07. The molecule has 1 aromatic rings.